The molecule has 0 heterocycles. The predicted molar refractivity (Wildman–Crippen MR) is 60.0 cm³/mol. The molecule has 0 aromatic rings. The van der Waals surface area contributed by atoms with E-state index in [-0.39, 0.29) is 0 Å². The molecule has 0 saturated heterocycles. The molecule has 0 unspecified atom stereocenters. The van der Waals surface area contributed by atoms with Gasteiger partial charge in [0.1, 0.15) is 11.6 Å². The molecule has 5 nitrogen and oxygen atoms in total. The second-order valence-electron chi connectivity index (χ2n) is 4.24. The Kier molecular flexibility index (Phi) is 5.58. The van der Waals surface area contributed by atoms with Gasteiger partial charge in [-0.1, -0.05) is 6.92 Å². The first-order valence-electron chi connectivity index (χ1n) is 4.98. The number of amides is 1. The van der Waals surface area contributed by atoms with Crippen LogP contribution in [-0.4, -0.2) is 35.2 Å². The Labute approximate surface area is 101 Å². The van der Waals surface area contributed by atoms with Crippen LogP contribution >= 0.6 is 11.8 Å². The normalized spacial score (nSPS) is 12.9. The summed E-state index contributed by atoms with van der Waals surface area (Å²) < 4.78 is 10.3. The monoisotopic (exact) mass is 251 g/mol. The van der Waals surface area contributed by atoms with Crippen molar-refractivity contribution in [2.75, 3.05) is 7.11 Å². The maximum Gasteiger partial charge on any atom is 0.425 e. The molecule has 1 atom stereocenters. The zero-order valence-electron chi connectivity index (χ0n) is 10.2. The average Bonchev–Trinajstić information content (AvgIpc) is 2.15. The van der Waals surface area contributed by atoms with Gasteiger partial charge in [0, 0.05) is 11.8 Å². The number of rotatable bonds is 3. The van der Waals surface area contributed by atoms with Crippen LogP contribution in [-0.2, 0) is 14.3 Å². The molecule has 6 heteroatoms. The Morgan fingerprint density at radius 2 is 1.88 bits per heavy atom. The van der Waals surface area contributed by atoms with Crippen molar-refractivity contribution < 1.29 is 19.1 Å². The molecule has 0 spiro atoms. The third-order valence-corrected chi connectivity index (χ3v) is 2.08. The molecule has 0 rings (SSSR count). The molecular weight excluding hydrogens is 234 g/mol. The van der Waals surface area contributed by atoms with E-state index in [0.29, 0.717) is 6.42 Å². The summed E-state index contributed by atoms with van der Waals surface area (Å²) in [6.07, 6.45) is -0.401. The van der Waals surface area contributed by atoms with Gasteiger partial charge in [-0.25, -0.2) is 14.0 Å². The summed E-state index contributed by atoms with van der Waals surface area (Å²) in [5, 5.41) is 0. The molecule has 0 saturated carbocycles. The van der Waals surface area contributed by atoms with Crippen LogP contribution in [0.5, 0.6) is 0 Å². The number of carbonyl (C=O) groups excluding carboxylic acids is 2. The highest BCUT2D eigenvalue weighted by molar-refractivity contribution is 6.21. The molecule has 0 bridgehead atoms. The van der Waals surface area contributed by atoms with E-state index >= 15 is 0 Å². The zero-order valence-corrected chi connectivity index (χ0v) is 11.0. The second kappa shape index (κ2) is 5.94. The quantitative estimate of drug-likeness (QED) is 0.571. The maximum atomic E-state index is 11.5. The fourth-order valence-corrected chi connectivity index (χ4v) is 1.24. The van der Waals surface area contributed by atoms with E-state index in [1.807, 2.05) is 0 Å². The van der Waals surface area contributed by atoms with Crippen molar-refractivity contribution in [2.24, 2.45) is 0 Å². The molecule has 0 aliphatic carbocycles. The van der Waals surface area contributed by atoms with Crippen molar-refractivity contribution in [3.8, 4) is 0 Å². The number of methoxy groups -OCH3 is 1. The number of hydrogen-bond acceptors (Lipinski definition) is 4. The van der Waals surface area contributed by atoms with E-state index in [0.717, 1.165) is 4.42 Å². The molecular formula is C10H18ClNO4. The van der Waals surface area contributed by atoms with E-state index in [2.05, 4.69) is 4.74 Å². The lowest BCUT2D eigenvalue weighted by atomic mass is 10.2. The lowest BCUT2D eigenvalue weighted by molar-refractivity contribution is -0.145. The number of carbonyl (C=O) groups is 2. The van der Waals surface area contributed by atoms with Crippen LogP contribution in [0.15, 0.2) is 0 Å². The van der Waals surface area contributed by atoms with Gasteiger partial charge in [0.2, 0.25) is 0 Å². The summed E-state index contributed by atoms with van der Waals surface area (Å²) in [7, 11) is 1.24. The first kappa shape index (κ1) is 15.0. The predicted octanol–water partition coefficient (Wildman–Crippen LogP) is 2.33. The van der Waals surface area contributed by atoms with Crippen LogP contribution in [0.2, 0.25) is 0 Å². The van der Waals surface area contributed by atoms with Gasteiger partial charge < -0.3 is 9.47 Å². The molecule has 16 heavy (non-hydrogen) atoms. The third kappa shape index (κ3) is 4.70. The number of halogens is 1. The highest BCUT2D eigenvalue weighted by Crippen LogP contribution is 2.16. The molecule has 94 valence electrons. The summed E-state index contributed by atoms with van der Waals surface area (Å²) in [6, 6.07) is -0.832. The van der Waals surface area contributed by atoms with Crippen molar-refractivity contribution >= 4 is 23.8 Å². The number of esters is 1. The summed E-state index contributed by atoms with van der Waals surface area (Å²) in [5.74, 6) is -0.566. The van der Waals surface area contributed by atoms with Gasteiger partial charge in [0.25, 0.3) is 0 Å². The van der Waals surface area contributed by atoms with Crippen molar-refractivity contribution in [1.82, 2.24) is 4.42 Å². The fraction of sp³-hybridized carbons (Fsp3) is 0.800. The molecule has 0 N–H and O–H groups in total. The van der Waals surface area contributed by atoms with Crippen molar-refractivity contribution in [3.63, 3.8) is 0 Å². The van der Waals surface area contributed by atoms with Crippen LogP contribution < -0.4 is 0 Å². The fourth-order valence-electron chi connectivity index (χ4n) is 0.988. The minimum atomic E-state index is -0.832. The van der Waals surface area contributed by atoms with E-state index < -0.39 is 23.7 Å². The molecule has 0 aliphatic rings. The van der Waals surface area contributed by atoms with Gasteiger partial charge >= 0.3 is 12.1 Å². The van der Waals surface area contributed by atoms with Crippen molar-refractivity contribution in [2.45, 2.75) is 45.8 Å². The highest BCUT2D eigenvalue weighted by Gasteiger charge is 2.31. The van der Waals surface area contributed by atoms with Crippen LogP contribution in [0.25, 0.3) is 0 Å². The second-order valence-corrected chi connectivity index (χ2v) is 4.60. The van der Waals surface area contributed by atoms with Crippen LogP contribution in [0.4, 0.5) is 4.79 Å². The Hall–Kier alpha value is -0.970. The third-order valence-electron chi connectivity index (χ3n) is 1.70. The minimum Gasteiger partial charge on any atom is -0.467 e. The first-order chi connectivity index (χ1) is 7.22. The standard InChI is InChI=1S/C10H18ClNO4/c1-6-7(8(13)15-5)12(11)9(14)16-10(2,3)4/h7H,6H2,1-5H3/t7-/m0/s1. The lowest BCUT2D eigenvalue weighted by Crippen LogP contribution is -2.41. The lowest BCUT2D eigenvalue weighted by Gasteiger charge is -2.26. The molecule has 1 amide bonds. The molecule has 0 radical (unpaired) electrons. The van der Waals surface area contributed by atoms with Gasteiger partial charge in [0.05, 0.1) is 7.11 Å². The van der Waals surface area contributed by atoms with E-state index in [1.165, 1.54) is 7.11 Å². The summed E-state index contributed by atoms with van der Waals surface area (Å²) in [6.45, 7) is 6.87. The summed E-state index contributed by atoms with van der Waals surface area (Å²) >= 11 is 5.74. The zero-order chi connectivity index (χ0) is 12.9. The Balaban J connectivity index is 4.57. The molecule has 0 aliphatic heterocycles. The largest absolute Gasteiger partial charge is 0.467 e. The number of ether oxygens (including phenoxy) is 2. The summed E-state index contributed by atoms with van der Waals surface area (Å²) in [4.78, 5) is 22.8. The summed E-state index contributed by atoms with van der Waals surface area (Å²) in [5.41, 5.74) is -0.654. The Bertz CT molecular complexity index is 262. The molecule has 0 aromatic carbocycles. The van der Waals surface area contributed by atoms with E-state index in [9.17, 15) is 9.59 Å². The maximum absolute atomic E-state index is 11.5. The first-order valence-corrected chi connectivity index (χ1v) is 5.32. The van der Waals surface area contributed by atoms with Crippen molar-refractivity contribution in [3.05, 3.63) is 0 Å². The van der Waals surface area contributed by atoms with Gasteiger partial charge in [-0.15, -0.1) is 0 Å². The Morgan fingerprint density at radius 1 is 1.38 bits per heavy atom. The molecule has 0 fully saturated rings. The number of hydrogen-bond donors (Lipinski definition) is 0. The number of nitrogens with zero attached hydrogens (tertiary/aromatic N) is 1. The minimum absolute atomic E-state index is 0.357. The Morgan fingerprint density at radius 3 is 2.19 bits per heavy atom. The van der Waals surface area contributed by atoms with Crippen molar-refractivity contribution in [1.29, 1.82) is 0 Å². The van der Waals surface area contributed by atoms with Gasteiger partial charge in [-0.05, 0) is 27.2 Å². The van der Waals surface area contributed by atoms with Gasteiger partial charge in [-0.3, -0.25) is 0 Å². The SMILES string of the molecule is CC[C@@H](C(=O)OC)N(Cl)C(=O)OC(C)(C)C. The van der Waals surface area contributed by atoms with E-state index in [1.54, 1.807) is 27.7 Å². The van der Waals surface area contributed by atoms with Crippen LogP contribution in [0.3, 0.4) is 0 Å². The smallest absolute Gasteiger partial charge is 0.425 e. The van der Waals surface area contributed by atoms with Gasteiger partial charge in [0.15, 0.2) is 0 Å². The topological polar surface area (TPSA) is 55.8 Å². The average molecular weight is 252 g/mol. The van der Waals surface area contributed by atoms with Crippen LogP contribution in [0, 0.1) is 0 Å². The van der Waals surface area contributed by atoms with Gasteiger partial charge in [-0.2, -0.15) is 0 Å². The molecule has 0 aromatic heterocycles. The van der Waals surface area contributed by atoms with E-state index in [4.69, 9.17) is 16.5 Å². The van der Waals surface area contributed by atoms with Crippen LogP contribution in [0.1, 0.15) is 34.1 Å². The highest BCUT2D eigenvalue weighted by atomic mass is 35.5.